The lowest BCUT2D eigenvalue weighted by Crippen LogP contribution is -2.47. The van der Waals surface area contributed by atoms with Crippen molar-refractivity contribution >= 4 is 23.1 Å². The largest absolute Gasteiger partial charge is 0.352 e. The van der Waals surface area contributed by atoms with Gasteiger partial charge in [0.25, 0.3) is 6.20 Å². The van der Waals surface area contributed by atoms with Crippen LogP contribution in [-0.4, -0.2) is 41.0 Å². The summed E-state index contributed by atoms with van der Waals surface area (Å²) in [4.78, 5) is 19.1. The van der Waals surface area contributed by atoms with Crippen molar-refractivity contribution in [2.75, 3.05) is 36.4 Å². The molecule has 28 heavy (non-hydrogen) atoms. The first-order valence-corrected chi connectivity index (χ1v) is 9.64. The lowest BCUT2D eigenvalue weighted by molar-refractivity contribution is -0.404. The van der Waals surface area contributed by atoms with E-state index in [9.17, 15) is 10.1 Å². The second-order valence-electron chi connectivity index (χ2n) is 6.98. The first kappa shape index (κ1) is 19.9. The number of nitrogens with zero attached hydrogens (tertiary/aromatic N) is 4. The third kappa shape index (κ3) is 4.92. The van der Waals surface area contributed by atoms with Gasteiger partial charge in [-0.05, 0) is 35.7 Å². The van der Waals surface area contributed by atoms with Gasteiger partial charge in [-0.3, -0.25) is 10.1 Å². The molecule has 0 spiro atoms. The van der Waals surface area contributed by atoms with E-state index >= 15 is 0 Å². The van der Waals surface area contributed by atoms with Crippen LogP contribution in [0.3, 0.4) is 0 Å². The fourth-order valence-electron chi connectivity index (χ4n) is 3.16. The summed E-state index contributed by atoms with van der Waals surface area (Å²) in [5.74, 6) is 1.67. The van der Waals surface area contributed by atoms with Crippen molar-refractivity contribution in [1.29, 1.82) is 0 Å². The van der Waals surface area contributed by atoms with Crippen molar-refractivity contribution in [2.24, 2.45) is 0 Å². The molecule has 8 heteroatoms. The number of pyridine rings is 1. The molecule has 0 saturated carbocycles. The Kier molecular flexibility index (Phi) is 6.36. The molecule has 0 bridgehead atoms. The number of rotatable bonds is 6. The molecule has 2 heterocycles. The Balaban J connectivity index is 1.69. The summed E-state index contributed by atoms with van der Waals surface area (Å²) in [6.45, 7) is 6.88. The SMILES string of the molecule is CC(C)c1ccc(NC(=C[N+](=O)[O-])N2CCN(c3ncccc3Cl)CC2)cc1. The van der Waals surface area contributed by atoms with Gasteiger partial charge in [0.1, 0.15) is 5.82 Å². The number of halogens is 1. The molecule has 2 aromatic rings. The molecule has 1 saturated heterocycles. The lowest BCUT2D eigenvalue weighted by Gasteiger charge is -2.37. The van der Waals surface area contributed by atoms with Crippen LogP contribution in [0.25, 0.3) is 0 Å². The average Bonchev–Trinajstić information content (AvgIpc) is 2.68. The molecular weight excluding hydrogens is 378 g/mol. The third-order valence-electron chi connectivity index (χ3n) is 4.74. The molecule has 1 aromatic heterocycles. The average molecular weight is 402 g/mol. The van der Waals surface area contributed by atoms with Crippen LogP contribution in [0.2, 0.25) is 5.02 Å². The summed E-state index contributed by atoms with van der Waals surface area (Å²) in [6, 6.07) is 11.6. The zero-order valence-corrected chi connectivity index (χ0v) is 16.8. The summed E-state index contributed by atoms with van der Waals surface area (Å²) in [6.07, 6.45) is 2.74. The molecule has 1 aliphatic rings. The van der Waals surface area contributed by atoms with E-state index in [0.29, 0.717) is 42.9 Å². The van der Waals surface area contributed by atoms with Crippen molar-refractivity contribution in [3.8, 4) is 0 Å². The van der Waals surface area contributed by atoms with E-state index in [2.05, 4.69) is 29.0 Å². The summed E-state index contributed by atoms with van der Waals surface area (Å²) in [5.41, 5.74) is 2.05. The van der Waals surface area contributed by atoms with Gasteiger partial charge in [-0.1, -0.05) is 37.6 Å². The van der Waals surface area contributed by atoms with Gasteiger partial charge in [0.2, 0.25) is 0 Å². The fraction of sp³-hybridized carbons (Fsp3) is 0.350. The third-order valence-corrected chi connectivity index (χ3v) is 5.03. The molecule has 0 unspecified atom stereocenters. The van der Waals surface area contributed by atoms with Crippen molar-refractivity contribution in [1.82, 2.24) is 9.88 Å². The Morgan fingerprint density at radius 3 is 2.46 bits per heavy atom. The van der Waals surface area contributed by atoms with E-state index in [4.69, 9.17) is 11.6 Å². The Morgan fingerprint density at radius 1 is 1.21 bits per heavy atom. The van der Waals surface area contributed by atoms with Crippen LogP contribution in [0.1, 0.15) is 25.3 Å². The Morgan fingerprint density at radius 2 is 1.89 bits per heavy atom. The van der Waals surface area contributed by atoms with Gasteiger partial charge >= 0.3 is 0 Å². The molecule has 0 aliphatic carbocycles. The molecule has 1 N–H and O–H groups in total. The van der Waals surface area contributed by atoms with Crippen LogP contribution in [0.4, 0.5) is 11.5 Å². The number of nitro groups is 1. The minimum Gasteiger partial charge on any atom is -0.352 e. The first-order chi connectivity index (χ1) is 13.4. The predicted octanol–water partition coefficient (Wildman–Crippen LogP) is 4.17. The highest BCUT2D eigenvalue weighted by molar-refractivity contribution is 6.32. The number of hydrogen-bond acceptors (Lipinski definition) is 6. The van der Waals surface area contributed by atoms with Crippen molar-refractivity contribution in [3.63, 3.8) is 0 Å². The normalized spacial score (nSPS) is 15.1. The molecule has 1 aromatic carbocycles. The van der Waals surface area contributed by atoms with Crippen LogP contribution < -0.4 is 10.2 Å². The van der Waals surface area contributed by atoms with Crippen LogP contribution >= 0.6 is 11.6 Å². The second-order valence-corrected chi connectivity index (χ2v) is 7.39. The lowest BCUT2D eigenvalue weighted by atomic mass is 10.0. The number of anilines is 2. The zero-order valence-electron chi connectivity index (χ0n) is 16.0. The van der Waals surface area contributed by atoms with Crippen molar-refractivity contribution in [3.05, 3.63) is 75.3 Å². The topological polar surface area (TPSA) is 74.5 Å². The van der Waals surface area contributed by atoms with E-state index in [0.717, 1.165) is 17.7 Å². The smallest absolute Gasteiger partial charge is 0.274 e. The van der Waals surface area contributed by atoms with Gasteiger partial charge in [-0.15, -0.1) is 0 Å². The summed E-state index contributed by atoms with van der Waals surface area (Å²) in [7, 11) is 0. The Bertz CT molecular complexity index is 846. The van der Waals surface area contributed by atoms with Crippen LogP contribution in [0.5, 0.6) is 0 Å². The number of hydrogen-bond donors (Lipinski definition) is 1. The standard InChI is InChI=1S/C20H24ClN5O2/c1-15(2)16-5-7-17(8-6-16)23-19(14-26(27)28)24-10-12-25(13-11-24)20-18(21)4-3-9-22-20/h3-9,14-15,23H,10-13H2,1-2H3. The number of nitrogens with one attached hydrogen (secondary N) is 1. The van der Waals surface area contributed by atoms with E-state index in [1.165, 1.54) is 5.56 Å². The van der Waals surface area contributed by atoms with E-state index in [-0.39, 0.29) is 0 Å². The molecule has 7 nitrogen and oxygen atoms in total. The van der Waals surface area contributed by atoms with Crippen molar-refractivity contribution < 1.29 is 4.92 Å². The van der Waals surface area contributed by atoms with Gasteiger partial charge in [0.05, 0.1) is 9.95 Å². The van der Waals surface area contributed by atoms with Gasteiger partial charge in [-0.2, -0.15) is 0 Å². The minimum atomic E-state index is -0.424. The molecular formula is C20H24ClN5O2. The molecule has 0 amide bonds. The van der Waals surface area contributed by atoms with Gasteiger partial charge in [-0.25, -0.2) is 4.98 Å². The highest BCUT2D eigenvalue weighted by atomic mass is 35.5. The monoisotopic (exact) mass is 401 g/mol. The zero-order chi connectivity index (χ0) is 20.1. The molecule has 0 atom stereocenters. The summed E-state index contributed by atoms with van der Waals surface area (Å²) in [5, 5.41) is 14.9. The predicted molar refractivity (Wildman–Crippen MR) is 112 cm³/mol. The van der Waals surface area contributed by atoms with Crippen LogP contribution in [0.15, 0.2) is 54.6 Å². The maximum Gasteiger partial charge on any atom is 0.274 e. The highest BCUT2D eigenvalue weighted by Crippen LogP contribution is 2.25. The highest BCUT2D eigenvalue weighted by Gasteiger charge is 2.23. The van der Waals surface area contributed by atoms with Gasteiger partial charge in [0.15, 0.2) is 5.82 Å². The summed E-state index contributed by atoms with van der Waals surface area (Å²) >= 11 is 6.24. The van der Waals surface area contributed by atoms with Crippen molar-refractivity contribution in [2.45, 2.75) is 19.8 Å². The molecule has 0 radical (unpaired) electrons. The second kappa shape index (κ2) is 8.93. The molecule has 148 valence electrons. The maximum absolute atomic E-state index is 11.1. The van der Waals surface area contributed by atoms with Gasteiger partial charge in [0, 0.05) is 38.1 Å². The summed E-state index contributed by atoms with van der Waals surface area (Å²) < 4.78 is 0. The number of aromatic nitrogens is 1. The Hall–Kier alpha value is -2.80. The number of benzene rings is 1. The van der Waals surface area contributed by atoms with E-state index in [1.807, 2.05) is 35.2 Å². The molecule has 3 rings (SSSR count). The quantitative estimate of drug-likeness (QED) is 0.578. The van der Waals surface area contributed by atoms with Gasteiger partial charge < -0.3 is 15.1 Å². The number of piperazine rings is 1. The first-order valence-electron chi connectivity index (χ1n) is 9.27. The van der Waals surface area contributed by atoms with E-state index in [1.54, 1.807) is 12.3 Å². The Labute approximate surface area is 169 Å². The van der Waals surface area contributed by atoms with Crippen LogP contribution in [0, 0.1) is 10.1 Å². The minimum absolute atomic E-state index is 0.424. The maximum atomic E-state index is 11.1. The van der Waals surface area contributed by atoms with E-state index < -0.39 is 4.92 Å². The fourth-order valence-corrected chi connectivity index (χ4v) is 3.40. The molecule has 1 fully saturated rings. The molecule has 1 aliphatic heterocycles. The van der Waals surface area contributed by atoms with Crippen LogP contribution in [-0.2, 0) is 0 Å².